The quantitative estimate of drug-likeness (QED) is 0.640. The maximum absolute atomic E-state index is 5.60. The Morgan fingerprint density at radius 3 is 2.64 bits per heavy atom. The van der Waals surface area contributed by atoms with E-state index in [2.05, 4.69) is 51.8 Å². The van der Waals surface area contributed by atoms with Crippen molar-refractivity contribution in [1.82, 2.24) is 9.55 Å². The largest absolute Gasteiger partial charge is 0.497 e. The lowest BCUT2D eigenvalue weighted by Gasteiger charge is -2.20. The second kappa shape index (κ2) is 8.03. The number of imidazole rings is 1. The van der Waals surface area contributed by atoms with E-state index in [-0.39, 0.29) is 0 Å². The van der Waals surface area contributed by atoms with Gasteiger partial charge in [-0.1, -0.05) is 18.2 Å². The molecule has 0 fully saturated rings. The van der Waals surface area contributed by atoms with Gasteiger partial charge in [-0.3, -0.25) is 0 Å². The number of benzene rings is 2. The number of ether oxygens (including phenoxy) is 1. The third-order valence-electron chi connectivity index (χ3n) is 4.47. The highest BCUT2D eigenvalue weighted by atomic mass is 16.5. The van der Waals surface area contributed by atoms with Crippen LogP contribution >= 0.6 is 0 Å². The first-order valence-electron chi connectivity index (χ1n) is 8.71. The van der Waals surface area contributed by atoms with Gasteiger partial charge in [0.2, 0.25) is 0 Å². The van der Waals surface area contributed by atoms with E-state index in [4.69, 9.17) is 10.5 Å². The van der Waals surface area contributed by atoms with Crippen LogP contribution in [0.25, 0.3) is 11.0 Å². The molecule has 132 valence electrons. The van der Waals surface area contributed by atoms with Crippen LogP contribution in [0.5, 0.6) is 5.75 Å². The van der Waals surface area contributed by atoms with E-state index in [1.165, 1.54) is 11.1 Å². The molecule has 1 heterocycles. The first kappa shape index (κ1) is 17.3. The highest BCUT2D eigenvalue weighted by Gasteiger charge is 2.11. The SMILES string of the molecule is COc1ccc(CN(C)c2cccc3c2ncn3CCCCN)cc1. The maximum Gasteiger partial charge on any atom is 0.118 e. The highest BCUT2D eigenvalue weighted by molar-refractivity contribution is 5.88. The van der Waals surface area contributed by atoms with Crippen LogP contribution in [0.1, 0.15) is 18.4 Å². The van der Waals surface area contributed by atoms with E-state index in [0.717, 1.165) is 49.4 Å². The van der Waals surface area contributed by atoms with Crippen molar-refractivity contribution in [2.24, 2.45) is 5.73 Å². The summed E-state index contributed by atoms with van der Waals surface area (Å²) in [4.78, 5) is 6.89. The molecule has 0 amide bonds. The second-order valence-electron chi connectivity index (χ2n) is 6.28. The Morgan fingerprint density at radius 2 is 1.92 bits per heavy atom. The molecular formula is C20H26N4O. The number of nitrogens with zero attached hydrogens (tertiary/aromatic N) is 3. The van der Waals surface area contributed by atoms with Gasteiger partial charge >= 0.3 is 0 Å². The summed E-state index contributed by atoms with van der Waals surface area (Å²) in [7, 11) is 3.79. The Hall–Kier alpha value is -2.53. The molecule has 0 radical (unpaired) electrons. The van der Waals surface area contributed by atoms with E-state index in [1.54, 1.807) is 7.11 Å². The van der Waals surface area contributed by atoms with Gasteiger partial charge in [0.05, 0.1) is 24.6 Å². The van der Waals surface area contributed by atoms with Crippen LogP contribution in [0.2, 0.25) is 0 Å². The summed E-state index contributed by atoms with van der Waals surface area (Å²) < 4.78 is 7.44. The highest BCUT2D eigenvalue weighted by Crippen LogP contribution is 2.26. The summed E-state index contributed by atoms with van der Waals surface area (Å²) in [6.07, 6.45) is 4.05. The molecule has 0 atom stereocenters. The van der Waals surface area contributed by atoms with Crippen LogP contribution in [0.15, 0.2) is 48.8 Å². The van der Waals surface area contributed by atoms with Crippen molar-refractivity contribution in [3.05, 3.63) is 54.4 Å². The number of para-hydroxylation sites is 1. The number of nitrogens with two attached hydrogens (primary N) is 1. The van der Waals surface area contributed by atoms with Gasteiger partial charge in [-0.25, -0.2) is 4.98 Å². The summed E-state index contributed by atoms with van der Waals surface area (Å²) >= 11 is 0. The molecule has 0 bridgehead atoms. The van der Waals surface area contributed by atoms with Gasteiger partial charge in [-0.05, 0) is 49.2 Å². The zero-order valence-electron chi connectivity index (χ0n) is 15.0. The summed E-state index contributed by atoms with van der Waals surface area (Å²) in [6.45, 7) is 2.52. The van der Waals surface area contributed by atoms with Gasteiger partial charge in [0.25, 0.3) is 0 Å². The molecule has 0 aliphatic rings. The average molecular weight is 338 g/mol. The fourth-order valence-electron chi connectivity index (χ4n) is 3.08. The van der Waals surface area contributed by atoms with Crippen LogP contribution in [0, 0.1) is 0 Å². The Labute approximate surface area is 149 Å². The minimum atomic E-state index is 0.739. The molecule has 25 heavy (non-hydrogen) atoms. The van der Waals surface area contributed by atoms with E-state index in [0.29, 0.717) is 0 Å². The van der Waals surface area contributed by atoms with Crippen molar-refractivity contribution in [1.29, 1.82) is 0 Å². The number of unbranched alkanes of at least 4 members (excludes halogenated alkanes) is 1. The Kier molecular flexibility index (Phi) is 5.56. The number of fused-ring (bicyclic) bond motifs is 1. The van der Waals surface area contributed by atoms with E-state index in [1.807, 2.05) is 18.5 Å². The van der Waals surface area contributed by atoms with Crippen molar-refractivity contribution in [3.8, 4) is 5.75 Å². The van der Waals surface area contributed by atoms with Crippen molar-refractivity contribution < 1.29 is 4.74 Å². The molecule has 0 aliphatic carbocycles. The van der Waals surface area contributed by atoms with Crippen LogP contribution < -0.4 is 15.4 Å². The van der Waals surface area contributed by atoms with Crippen molar-refractivity contribution in [2.75, 3.05) is 25.6 Å². The number of aromatic nitrogens is 2. The normalized spacial score (nSPS) is 11.0. The first-order chi connectivity index (χ1) is 12.2. The van der Waals surface area contributed by atoms with Gasteiger partial charge in [0.1, 0.15) is 11.3 Å². The lowest BCUT2D eigenvalue weighted by molar-refractivity contribution is 0.414. The van der Waals surface area contributed by atoms with Gasteiger partial charge in [-0.15, -0.1) is 0 Å². The number of rotatable bonds is 8. The molecule has 3 aromatic rings. The predicted molar refractivity (Wildman–Crippen MR) is 103 cm³/mol. The Morgan fingerprint density at radius 1 is 1.12 bits per heavy atom. The molecule has 3 rings (SSSR count). The van der Waals surface area contributed by atoms with Gasteiger partial charge in [0.15, 0.2) is 0 Å². The molecule has 5 nitrogen and oxygen atoms in total. The average Bonchev–Trinajstić information content (AvgIpc) is 3.06. The van der Waals surface area contributed by atoms with Crippen LogP contribution in [0.3, 0.4) is 0 Å². The predicted octanol–water partition coefficient (Wildman–Crippen LogP) is 3.42. The number of methoxy groups -OCH3 is 1. The van der Waals surface area contributed by atoms with Gasteiger partial charge in [-0.2, -0.15) is 0 Å². The summed E-state index contributed by atoms with van der Waals surface area (Å²) in [5, 5.41) is 0. The zero-order chi connectivity index (χ0) is 17.6. The molecule has 5 heteroatoms. The third-order valence-corrected chi connectivity index (χ3v) is 4.47. The Balaban J connectivity index is 1.79. The molecule has 1 aromatic heterocycles. The number of hydrogen-bond donors (Lipinski definition) is 1. The van der Waals surface area contributed by atoms with Crippen LogP contribution in [0.4, 0.5) is 5.69 Å². The molecule has 0 aliphatic heterocycles. The van der Waals surface area contributed by atoms with E-state index >= 15 is 0 Å². The van der Waals surface area contributed by atoms with Crippen LogP contribution in [-0.4, -0.2) is 30.3 Å². The zero-order valence-corrected chi connectivity index (χ0v) is 15.0. The number of hydrogen-bond acceptors (Lipinski definition) is 4. The van der Waals surface area contributed by atoms with Gasteiger partial charge < -0.3 is 19.9 Å². The van der Waals surface area contributed by atoms with E-state index in [9.17, 15) is 0 Å². The first-order valence-corrected chi connectivity index (χ1v) is 8.71. The molecule has 2 aromatic carbocycles. The summed E-state index contributed by atoms with van der Waals surface area (Å²) in [5.41, 5.74) is 10.2. The minimum absolute atomic E-state index is 0.739. The third kappa shape index (κ3) is 3.94. The molecule has 0 unspecified atom stereocenters. The van der Waals surface area contributed by atoms with Crippen LogP contribution in [-0.2, 0) is 13.1 Å². The molecular weight excluding hydrogens is 312 g/mol. The number of anilines is 1. The molecule has 0 spiro atoms. The minimum Gasteiger partial charge on any atom is -0.497 e. The van der Waals surface area contributed by atoms with Crippen molar-refractivity contribution >= 4 is 16.7 Å². The summed E-state index contributed by atoms with van der Waals surface area (Å²) in [5.74, 6) is 0.879. The molecule has 0 saturated heterocycles. The Bertz CT molecular complexity index is 810. The lowest BCUT2D eigenvalue weighted by Crippen LogP contribution is -2.16. The van der Waals surface area contributed by atoms with E-state index < -0.39 is 0 Å². The second-order valence-corrected chi connectivity index (χ2v) is 6.28. The maximum atomic E-state index is 5.60. The standard InChI is InChI=1S/C20H26N4O/c1-23(14-16-8-10-17(25-2)11-9-16)18-6-5-7-19-20(18)22-15-24(19)13-4-3-12-21/h5-11,15H,3-4,12-14,21H2,1-2H3. The fraction of sp³-hybridized carbons (Fsp3) is 0.350. The summed E-state index contributed by atoms with van der Waals surface area (Å²) in [6, 6.07) is 14.6. The van der Waals surface area contributed by atoms with Crippen molar-refractivity contribution in [2.45, 2.75) is 25.9 Å². The topological polar surface area (TPSA) is 56.3 Å². The van der Waals surface area contributed by atoms with Crippen molar-refractivity contribution in [3.63, 3.8) is 0 Å². The lowest BCUT2D eigenvalue weighted by atomic mass is 10.2. The number of aryl methyl sites for hydroxylation is 1. The van der Waals surface area contributed by atoms with Gasteiger partial charge in [0, 0.05) is 20.1 Å². The molecule has 0 saturated carbocycles. The fourth-order valence-corrected chi connectivity index (χ4v) is 3.08. The molecule has 2 N–H and O–H groups in total. The smallest absolute Gasteiger partial charge is 0.118 e. The monoisotopic (exact) mass is 338 g/mol.